The smallest absolute Gasteiger partial charge is 0.270 e. The number of hydrogen-bond donors (Lipinski definition) is 8. The van der Waals surface area contributed by atoms with E-state index < -0.39 is 0 Å². The zero-order valence-corrected chi connectivity index (χ0v) is 79.0. The summed E-state index contributed by atoms with van der Waals surface area (Å²) < 4.78 is 31.0. The van der Waals surface area contributed by atoms with Gasteiger partial charge in [0.1, 0.15) is 56.2 Å². The number of nitrogens with one attached hydrogen (secondary N) is 8. The molecule has 132 heavy (non-hydrogen) atoms. The molecule has 5 amide bonds. The summed E-state index contributed by atoms with van der Waals surface area (Å²) in [5.41, 5.74) is 17.3. The third kappa shape index (κ3) is 20.3. The third-order valence-corrected chi connectivity index (χ3v) is 30.5. The van der Waals surface area contributed by atoms with Gasteiger partial charge in [-0.25, -0.2) is 0 Å². The SMILES string of the molecule is O=C(CCCCCNc1nc(NCCCCCC(=O)NCCCCCNC(=O)CCCCCN2C=CC3=C4c5sc6ccc(Cl)cc6[n+]5CCC4Oc4cccc2c43)nc(NCCNC(=O)CN2C=CC3=C4c5sc6ccc(Cl)cc6[n+]5CCC4Oc4cccc2c43)n1)NCCCCCNC(=O)CCCCCN1C=CC2=C3c4sc5ccc(Cl)cc5[n+]4CCC3Oc3cccc1c32. The highest BCUT2D eigenvalue weighted by Gasteiger charge is 2.47. The second kappa shape index (κ2) is 42.0. The van der Waals surface area contributed by atoms with Crippen LogP contribution in [0.2, 0.25) is 15.1 Å². The molecule has 686 valence electrons. The van der Waals surface area contributed by atoms with Crippen LogP contribution in [-0.4, -0.2) is 135 Å². The Morgan fingerprint density at radius 2 is 0.674 bits per heavy atom. The molecule has 9 aliphatic heterocycles. The number of aromatic nitrogens is 6. The first-order chi connectivity index (χ1) is 64.7. The Balaban J connectivity index is 0.373. The van der Waals surface area contributed by atoms with Gasteiger partial charge in [-0.1, -0.05) is 113 Å². The number of aryl methyl sites for hydroxylation is 3. The predicted molar refractivity (Wildman–Crippen MR) is 529 cm³/mol. The van der Waals surface area contributed by atoms with E-state index in [0.29, 0.717) is 101 Å². The first-order valence-corrected chi connectivity index (χ1v) is 51.0. The molecular weight excluding hydrogens is 1780 g/mol. The van der Waals surface area contributed by atoms with E-state index in [1.165, 1.54) is 57.4 Å². The number of carbonyl (C=O) groups excluding carboxylic acids is 5. The molecule has 25 nitrogen and oxygen atoms in total. The number of fused-ring (bicyclic) bond motifs is 15. The van der Waals surface area contributed by atoms with Crippen molar-refractivity contribution in [1.29, 1.82) is 0 Å². The molecular formula is C101H113Cl3N17O8S3+3. The van der Waals surface area contributed by atoms with Gasteiger partial charge in [-0.2, -0.15) is 28.7 Å². The zero-order valence-electron chi connectivity index (χ0n) is 74.3. The van der Waals surface area contributed by atoms with Crippen LogP contribution < -0.4 is 85.1 Å². The molecule has 0 spiro atoms. The number of hydrogen-bond acceptors (Lipinski definition) is 20. The minimum absolute atomic E-state index is 0.0102. The molecule has 0 aliphatic carbocycles. The highest BCUT2D eigenvalue weighted by atomic mass is 35.5. The van der Waals surface area contributed by atoms with Crippen LogP contribution in [0.1, 0.15) is 192 Å². The zero-order chi connectivity index (χ0) is 90.0. The van der Waals surface area contributed by atoms with E-state index in [1.807, 2.05) is 76.2 Å². The van der Waals surface area contributed by atoms with Gasteiger partial charge >= 0.3 is 0 Å². The maximum atomic E-state index is 13.8. The van der Waals surface area contributed by atoms with Gasteiger partial charge in [-0.3, -0.25) is 24.0 Å². The largest absolute Gasteiger partial charge is 0.484 e. The molecule has 0 saturated heterocycles. The number of thiazole rings is 3. The molecule has 8 N–H and O–H groups in total. The van der Waals surface area contributed by atoms with Crippen molar-refractivity contribution in [2.75, 3.05) is 103 Å². The lowest BCUT2D eigenvalue weighted by atomic mass is 9.87. The first-order valence-electron chi connectivity index (χ1n) is 47.4. The molecule has 4 aromatic heterocycles. The van der Waals surface area contributed by atoms with Gasteiger partial charge in [-0.15, -0.1) is 0 Å². The van der Waals surface area contributed by atoms with E-state index in [0.717, 1.165) is 250 Å². The average molecular weight is 1900 g/mol. The predicted octanol–water partition coefficient (Wildman–Crippen LogP) is 18.1. The highest BCUT2D eigenvalue weighted by Crippen LogP contribution is 2.54. The minimum Gasteiger partial charge on any atom is -0.484 e. The standard InChI is InChI=1S/C101H110Cl3N17O8S3/c102-64-32-35-82-73(60-64)119-57-41-79-93(96(119)130-82)67-38-54-116(70-22-19-25-76(127-79)90(67)70)52-17-3-9-30-87(124)107-46-15-5-13-44-105-85(122)28-7-1-11-48-110-99-113-100(115-101(114-99)112-51-50-109-89(126)63-118-56-40-69-92-72(118)24-21-27-78(92)129-81-43-59-121-75-62-66(104)34-37-84(75)132-98(121)95(69)81)111-49-12-2-8-29-86(123)106-45-14-6-16-47-108-88(125)31-10-4-18-53-117-55-39-68-91-71(117)23-20-26-77(91)128-80-42-58-120-74-61-65(103)33-36-83(74)131-97(120)94(68)80/h19-27,32-40,54-56,60-62,79-81H,1-18,28-31,41-53,57-59,63H2,(H5-3,105,106,107,108,109,110,111,112,113,114,115,122,123,124,125,126)/p+3. The van der Waals surface area contributed by atoms with Gasteiger partial charge in [0.05, 0.1) is 33.8 Å². The number of anilines is 6. The molecule has 0 bridgehead atoms. The van der Waals surface area contributed by atoms with Crippen LogP contribution in [0.3, 0.4) is 0 Å². The van der Waals surface area contributed by atoms with E-state index >= 15 is 0 Å². The monoisotopic (exact) mass is 1890 g/mol. The summed E-state index contributed by atoms with van der Waals surface area (Å²) in [6.07, 6.45) is 32.9. The van der Waals surface area contributed by atoms with Crippen LogP contribution in [0.15, 0.2) is 146 Å². The fourth-order valence-corrected chi connectivity index (χ4v) is 24.0. The maximum absolute atomic E-state index is 13.8. The van der Waals surface area contributed by atoms with Gasteiger partial charge in [0.2, 0.25) is 63.9 Å². The number of nitrogens with zero attached hydrogens (tertiary/aromatic N) is 9. The van der Waals surface area contributed by atoms with Crippen molar-refractivity contribution in [3.8, 4) is 17.2 Å². The summed E-state index contributed by atoms with van der Waals surface area (Å²) in [6, 6.07) is 37.2. The number of halogens is 3. The van der Waals surface area contributed by atoms with Crippen LogP contribution >= 0.6 is 68.8 Å². The Bertz CT molecular complexity index is 5990. The van der Waals surface area contributed by atoms with Crippen molar-refractivity contribution in [3.63, 3.8) is 0 Å². The molecule has 0 radical (unpaired) electrons. The molecule has 0 saturated carbocycles. The normalized spacial score (nSPS) is 16.5. The van der Waals surface area contributed by atoms with Crippen LogP contribution in [0, 0.1) is 0 Å². The fourth-order valence-electron chi connectivity index (χ4n) is 19.7. The first kappa shape index (κ1) is 90.0. The van der Waals surface area contributed by atoms with Gasteiger partial charge in [0, 0.05) is 196 Å². The number of unbranched alkanes of at least 4 members (excludes halogenated alkanes) is 12. The van der Waals surface area contributed by atoms with Crippen LogP contribution in [0.4, 0.5) is 34.9 Å². The van der Waals surface area contributed by atoms with Crippen molar-refractivity contribution in [2.24, 2.45) is 0 Å². The summed E-state index contributed by atoms with van der Waals surface area (Å²) in [6.45, 7) is 8.67. The van der Waals surface area contributed by atoms with Crippen LogP contribution in [0.5, 0.6) is 17.2 Å². The molecule has 10 aromatic rings. The van der Waals surface area contributed by atoms with E-state index in [9.17, 15) is 24.0 Å². The quantitative estimate of drug-likeness (QED) is 0.0130. The summed E-state index contributed by atoms with van der Waals surface area (Å²) in [5.74, 6) is 3.93. The van der Waals surface area contributed by atoms with E-state index in [-0.39, 0.29) is 54.4 Å². The van der Waals surface area contributed by atoms with Crippen LogP contribution in [-0.2, 0) is 43.6 Å². The van der Waals surface area contributed by atoms with Gasteiger partial charge in [0.25, 0.3) is 15.0 Å². The Kier molecular flexibility index (Phi) is 28.6. The molecule has 19 rings (SSSR count). The highest BCUT2D eigenvalue weighted by molar-refractivity contribution is 7.20. The van der Waals surface area contributed by atoms with Gasteiger partial charge < -0.3 is 71.4 Å². The summed E-state index contributed by atoms with van der Waals surface area (Å²) >= 11 is 24.8. The summed E-state index contributed by atoms with van der Waals surface area (Å²) in [5, 5.41) is 31.4. The summed E-state index contributed by atoms with van der Waals surface area (Å²) in [4.78, 5) is 86.0. The molecule has 13 heterocycles. The second-order valence-corrected chi connectivity index (χ2v) is 39.7. The summed E-state index contributed by atoms with van der Waals surface area (Å²) in [7, 11) is 0. The minimum atomic E-state index is -0.150. The van der Waals surface area contributed by atoms with Gasteiger partial charge in [0.15, 0.2) is 19.6 Å². The number of benzene rings is 6. The van der Waals surface area contributed by atoms with Crippen molar-refractivity contribution in [3.05, 3.63) is 193 Å². The lowest BCUT2D eigenvalue weighted by molar-refractivity contribution is -0.674. The third-order valence-electron chi connectivity index (χ3n) is 26.2. The van der Waals surface area contributed by atoms with Crippen molar-refractivity contribution in [1.82, 2.24) is 41.5 Å². The average Bonchev–Trinajstić information content (AvgIpc) is 1.45. The number of amides is 5. The van der Waals surface area contributed by atoms with Crippen molar-refractivity contribution in [2.45, 2.75) is 198 Å². The molecule has 3 atom stereocenters. The number of ether oxygens (including phenoxy) is 3. The van der Waals surface area contributed by atoms with E-state index in [1.54, 1.807) is 11.3 Å². The Hall–Kier alpha value is -11.1. The molecule has 3 unspecified atom stereocenters. The number of rotatable bonds is 44. The molecule has 6 aromatic carbocycles. The lowest BCUT2D eigenvalue weighted by Crippen LogP contribution is -2.46. The van der Waals surface area contributed by atoms with Crippen molar-refractivity contribution < 1.29 is 51.9 Å². The Morgan fingerprint density at radius 3 is 1.05 bits per heavy atom. The molecule has 31 heteroatoms. The Morgan fingerprint density at radius 1 is 0.356 bits per heavy atom. The Labute approximate surface area is 796 Å². The molecule has 9 aliphatic rings. The lowest BCUT2D eigenvalue weighted by Gasteiger charge is -2.36. The van der Waals surface area contributed by atoms with Crippen molar-refractivity contribution >= 4 is 197 Å². The number of allylic oxidation sites excluding steroid dienone is 6. The van der Waals surface area contributed by atoms with E-state index in [4.69, 9.17) is 64.0 Å². The topological polar surface area (TPSA) is 269 Å². The number of carbonyl (C=O) groups is 5. The van der Waals surface area contributed by atoms with Gasteiger partial charge in [-0.05, 0) is 181 Å². The second-order valence-electron chi connectivity index (χ2n) is 35.3. The molecule has 0 fully saturated rings. The fraction of sp³-hybridized carbons (Fsp3) is 0.416. The van der Waals surface area contributed by atoms with Crippen LogP contribution in [0.25, 0.3) is 64.1 Å². The van der Waals surface area contributed by atoms with E-state index in [2.05, 4.69) is 163 Å². The maximum Gasteiger partial charge on any atom is 0.270 e.